The number of carbonyl (C=O) groups excluding carboxylic acids is 1. The van der Waals surface area contributed by atoms with Gasteiger partial charge in [-0.3, -0.25) is 4.79 Å². The minimum Gasteiger partial charge on any atom is -0.467 e. The second-order valence-corrected chi connectivity index (χ2v) is 5.11. The fraction of sp³-hybridized carbons (Fsp3) is 0.312. The van der Waals surface area contributed by atoms with Crippen LogP contribution in [-0.2, 0) is 11.3 Å². The lowest BCUT2D eigenvalue weighted by Crippen LogP contribution is -2.17. The van der Waals surface area contributed by atoms with Crippen molar-refractivity contribution in [1.82, 2.24) is 0 Å². The summed E-state index contributed by atoms with van der Waals surface area (Å²) < 4.78 is 5.38. The van der Waals surface area contributed by atoms with Gasteiger partial charge in [0.25, 0.3) is 0 Å². The molecule has 0 aliphatic carbocycles. The lowest BCUT2D eigenvalue weighted by Gasteiger charge is -2.10. The predicted molar refractivity (Wildman–Crippen MR) is 80.7 cm³/mol. The first-order valence-corrected chi connectivity index (χ1v) is 6.74. The van der Waals surface area contributed by atoms with E-state index in [1.807, 2.05) is 51.1 Å². The zero-order valence-electron chi connectivity index (χ0n) is 12.1. The van der Waals surface area contributed by atoms with Gasteiger partial charge in [0.1, 0.15) is 5.76 Å². The van der Waals surface area contributed by atoms with Crippen LogP contribution in [0, 0.1) is 12.8 Å². The molecule has 106 valence electrons. The van der Waals surface area contributed by atoms with E-state index in [0.717, 1.165) is 22.7 Å². The predicted octanol–water partition coefficient (Wildman–Crippen LogP) is 3.79. The van der Waals surface area contributed by atoms with Crippen molar-refractivity contribution in [2.45, 2.75) is 27.3 Å². The zero-order chi connectivity index (χ0) is 14.5. The maximum absolute atomic E-state index is 11.7. The van der Waals surface area contributed by atoms with Crippen LogP contribution in [0.4, 0.5) is 11.4 Å². The SMILES string of the molecule is Cc1ccoc1CNc1cccc(NC(=O)C(C)C)c1. The number of anilines is 2. The van der Waals surface area contributed by atoms with E-state index in [1.54, 1.807) is 6.26 Å². The average Bonchev–Trinajstić information content (AvgIpc) is 2.82. The molecule has 0 spiro atoms. The maximum atomic E-state index is 11.7. The molecule has 4 nitrogen and oxygen atoms in total. The van der Waals surface area contributed by atoms with E-state index >= 15 is 0 Å². The van der Waals surface area contributed by atoms with E-state index in [9.17, 15) is 4.79 Å². The Kier molecular flexibility index (Phi) is 4.45. The standard InChI is InChI=1S/C16H20N2O2/c1-11(2)16(19)18-14-6-4-5-13(9-14)17-10-15-12(3)7-8-20-15/h4-9,11,17H,10H2,1-3H3,(H,18,19). The molecule has 20 heavy (non-hydrogen) atoms. The number of hydrogen-bond acceptors (Lipinski definition) is 3. The Morgan fingerprint density at radius 3 is 2.65 bits per heavy atom. The van der Waals surface area contributed by atoms with Crippen LogP contribution in [0.3, 0.4) is 0 Å². The number of amides is 1. The smallest absolute Gasteiger partial charge is 0.226 e. The van der Waals surface area contributed by atoms with Gasteiger partial charge in [-0.2, -0.15) is 0 Å². The van der Waals surface area contributed by atoms with Gasteiger partial charge in [-0.05, 0) is 36.8 Å². The lowest BCUT2D eigenvalue weighted by molar-refractivity contribution is -0.118. The second kappa shape index (κ2) is 6.28. The third-order valence-electron chi connectivity index (χ3n) is 3.08. The highest BCUT2D eigenvalue weighted by Gasteiger charge is 2.07. The Morgan fingerprint density at radius 1 is 1.25 bits per heavy atom. The topological polar surface area (TPSA) is 54.3 Å². The summed E-state index contributed by atoms with van der Waals surface area (Å²) >= 11 is 0. The van der Waals surface area contributed by atoms with Crippen molar-refractivity contribution in [1.29, 1.82) is 0 Å². The lowest BCUT2D eigenvalue weighted by atomic mass is 10.2. The second-order valence-electron chi connectivity index (χ2n) is 5.11. The van der Waals surface area contributed by atoms with Crippen molar-refractivity contribution in [3.63, 3.8) is 0 Å². The Hall–Kier alpha value is -2.23. The highest BCUT2D eigenvalue weighted by atomic mass is 16.3. The van der Waals surface area contributed by atoms with Gasteiger partial charge in [0, 0.05) is 17.3 Å². The van der Waals surface area contributed by atoms with Crippen LogP contribution in [0.5, 0.6) is 0 Å². The summed E-state index contributed by atoms with van der Waals surface area (Å²) in [6.07, 6.45) is 1.69. The minimum absolute atomic E-state index is 0.0176. The van der Waals surface area contributed by atoms with Crippen LogP contribution in [0.2, 0.25) is 0 Å². The van der Waals surface area contributed by atoms with Gasteiger partial charge in [0.2, 0.25) is 5.91 Å². The highest BCUT2D eigenvalue weighted by Crippen LogP contribution is 2.18. The number of rotatable bonds is 5. The third kappa shape index (κ3) is 3.63. The summed E-state index contributed by atoms with van der Waals surface area (Å²) in [5.74, 6) is 0.906. The molecule has 1 aromatic carbocycles. The molecular formula is C16H20N2O2. The molecule has 0 atom stereocenters. The summed E-state index contributed by atoms with van der Waals surface area (Å²) in [7, 11) is 0. The molecule has 1 amide bonds. The van der Waals surface area contributed by atoms with Crippen molar-refractivity contribution in [2.75, 3.05) is 10.6 Å². The molecule has 2 rings (SSSR count). The average molecular weight is 272 g/mol. The van der Waals surface area contributed by atoms with Crippen molar-refractivity contribution in [3.8, 4) is 0 Å². The maximum Gasteiger partial charge on any atom is 0.226 e. The summed E-state index contributed by atoms with van der Waals surface area (Å²) in [5.41, 5.74) is 2.87. The number of benzene rings is 1. The van der Waals surface area contributed by atoms with Crippen LogP contribution >= 0.6 is 0 Å². The van der Waals surface area contributed by atoms with Gasteiger partial charge in [-0.1, -0.05) is 19.9 Å². The molecule has 0 saturated carbocycles. The summed E-state index contributed by atoms with van der Waals surface area (Å²) in [6.45, 7) is 6.38. The number of carbonyl (C=O) groups is 1. The molecule has 0 aliphatic heterocycles. The molecule has 2 N–H and O–H groups in total. The molecule has 0 fully saturated rings. The fourth-order valence-corrected chi connectivity index (χ4v) is 1.76. The van der Waals surface area contributed by atoms with Gasteiger partial charge in [0.05, 0.1) is 12.8 Å². The van der Waals surface area contributed by atoms with Crippen molar-refractivity contribution < 1.29 is 9.21 Å². The molecule has 0 aliphatic rings. The first-order chi connectivity index (χ1) is 9.56. The van der Waals surface area contributed by atoms with Crippen LogP contribution in [0.1, 0.15) is 25.2 Å². The van der Waals surface area contributed by atoms with Crippen LogP contribution in [0.15, 0.2) is 41.0 Å². The van der Waals surface area contributed by atoms with Gasteiger partial charge in [-0.25, -0.2) is 0 Å². The van der Waals surface area contributed by atoms with Crippen molar-refractivity contribution >= 4 is 17.3 Å². The Bertz CT molecular complexity index is 588. The van der Waals surface area contributed by atoms with Crippen LogP contribution in [0.25, 0.3) is 0 Å². The molecule has 4 heteroatoms. The zero-order valence-corrected chi connectivity index (χ0v) is 12.1. The molecule has 0 bridgehead atoms. The molecule has 1 aromatic heterocycles. The highest BCUT2D eigenvalue weighted by molar-refractivity contribution is 5.92. The number of hydrogen-bond donors (Lipinski definition) is 2. The molecule has 1 heterocycles. The van der Waals surface area contributed by atoms with Gasteiger partial charge in [-0.15, -0.1) is 0 Å². The Morgan fingerprint density at radius 2 is 2.00 bits per heavy atom. The van der Waals surface area contributed by atoms with Crippen molar-refractivity contribution in [2.24, 2.45) is 5.92 Å². The van der Waals surface area contributed by atoms with Gasteiger partial charge in [0.15, 0.2) is 0 Å². The Balaban J connectivity index is 1.99. The largest absolute Gasteiger partial charge is 0.467 e. The number of furan rings is 1. The normalized spacial score (nSPS) is 10.6. The van der Waals surface area contributed by atoms with Crippen LogP contribution < -0.4 is 10.6 Å². The fourth-order valence-electron chi connectivity index (χ4n) is 1.76. The van der Waals surface area contributed by atoms with E-state index < -0.39 is 0 Å². The van der Waals surface area contributed by atoms with Gasteiger partial charge < -0.3 is 15.1 Å². The monoisotopic (exact) mass is 272 g/mol. The van der Waals surface area contributed by atoms with Crippen molar-refractivity contribution in [3.05, 3.63) is 47.9 Å². The summed E-state index contributed by atoms with van der Waals surface area (Å²) in [4.78, 5) is 11.7. The molecule has 0 radical (unpaired) electrons. The first kappa shape index (κ1) is 14.2. The molecule has 2 aromatic rings. The number of aryl methyl sites for hydroxylation is 1. The minimum atomic E-state index is -0.0302. The van der Waals surface area contributed by atoms with Crippen LogP contribution in [-0.4, -0.2) is 5.91 Å². The summed E-state index contributed by atoms with van der Waals surface area (Å²) in [5, 5.41) is 6.17. The number of nitrogens with one attached hydrogen (secondary N) is 2. The summed E-state index contributed by atoms with van der Waals surface area (Å²) in [6, 6.07) is 9.61. The Labute approximate surface area is 119 Å². The molecular weight excluding hydrogens is 252 g/mol. The first-order valence-electron chi connectivity index (χ1n) is 6.74. The van der Waals surface area contributed by atoms with E-state index in [4.69, 9.17) is 4.42 Å². The van der Waals surface area contributed by atoms with E-state index in [-0.39, 0.29) is 11.8 Å². The third-order valence-corrected chi connectivity index (χ3v) is 3.08. The molecule has 0 saturated heterocycles. The quantitative estimate of drug-likeness (QED) is 0.870. The van der Waals surface area contributed by atoms with E-state index in [1.165, 1.54) is 0 Å². The van der Waals surface area contributed by atoms with E-state index in [0.29, 0.717) is 6.54 Å². The van der Waals surface area contributed by atoms with Gasteiger partial charge >= 0.3 is 0 Å². The molecule has 0 unspecified atom stereocenters. The van der Waals surface area contributed by atoms with E-state index in [2.05, 4.69) is 10.6 Å².